The second kappa shape index (κ2) is 6.77. The molecule has 0 bridgehead atoms. The summed E-state index contributed by atoms with van der Waals surface area (Å²) in [5.41, 5.74) is 0.636. The molecule has 1 N–H and O–H groups in total. The summed E-state index contributed by atoms with van der Waals surface area (Å²) in [5.74, 6) is -0.220. The minimum absolute atomic E-state index is 0.0829. The Kier molecular flexibility index (Phi) is 5.04. The van der Waals surface area contributed by atoms with Crippen molar-refractivity contribution >= 4 is 11.9 Å². The lowest BCUT2D eigenvalue weighted by Crippen LogP contribution is -2.48. The summed E-state index contributed by atoms with van der Waals surface area (Å²) in [6, 6.07) is 0.154. The van der Waals surface area contributed by atoms with Crippen molar-refractivity contribution in [3.63, 3.8) is 0 Å². The molecule has 2 rings (SSSR count). The SMILES string of the molecule is COC(=O)C1=CN(C)C(C(=O)NC2CCCCC2)CC1. The number of amides is 1. The van der Waals surface area contributed by atoms with E-state index in [0.717, 1.165) is 12.8 Å². The van der Waals surface area contributed by atoms with Gasteiger partial charge in [-0.2, -0.15) is 0 Å². The smallest absolute Gasteiger partial charge is 0.335 e. The zero-order valence-electron chi connectivity index (χ0n) is 12.4. The van der Waals surface area contributed by atoms with Crippen LogP contribution in [0.2, 0.25) is 0 Å². The van der Waals surface area contributed by atoms with Gasteiger partial charge < -0.3 is 15.0 Å². The van der Waals surface area contributed by atoms with Gasteiger partial charge in [0.2, 0.25) is 5.91 Å². The monoisotopic (exact) mass is 280 g/mol. The van der Waals surface area contributed by atoms with E-state index < -0.39 is 0 Å². The Morgan fingerprint density at radius 2 is 1.95 bits per heavy atom. The molecule has 112 valence electrons. The number of carbonyl (C=O) groups is 2. The number of esters is 1. The molecule has 1 atom stereocenters. The second-order valence-electron chi connectivity index (χ2n) is 5.71. The van der Waals surface area contributed by atoms with Crippen LogP contribution in [0.5, 0.6) is 0 Å². The Hall–Kier alpha value is -1.52. The molecule has 2 aliphatic rings. The van der Waals surface area contributed by atoms with Crippen molar-refractivity contribution in [2.45, 2.75) is 57.0 Å². The molecule has 1 unspecified atom stereocenters. The summed E-state index contributed by atoms with van der Waals surface area (Å²) in [7, 11) is 3.22. The number of hydrogen-bond donors (Lipinski definition) is 1. The van der Waals surface area contributed by atoms with E-state index >= 15 is 0 Å². The highest BCUT2D eigenvalue weighted by Gasteiger charge is 2.29. The molecule has 1 heterocycles. The molecule has 5 heteroatoms. The van der Waals surface area contributed by atoms with Crippen LogP contribution < -0.4 is 5.32 Å². The van der Waals surface area contributed by atoms with Crippen LogP contribution in [0.15, 0.2) is 11.8 Å². The van der Waals surface area contributed by atoms with Crippen LogP contribution >= 0.6 is 0 Å². The van der Waals surface area contributed by atoms with E-state index in [1.165, 1.54) is 26.4 Å². The lowest BCUT2D eigenvalue weighted by Gasteiger charge is -2.32. The van der Waals surface area contributed by atoms with Gasteiger partial charge in [0.1, 0.15) is 6.04 Å². The second-order valence-corrected chi connectivity index (χ2v) is 5.71. The Labute approximate surface area is 120 Å². The molecule has 20 heavy (non-hydrogen) atoms. The van der Waals surface area contributed by atoms with Crippen LogP contribution in [0.25, 0.3) is 0 Å². The topological polar surface area (TPSA) is 58.6 Å². The number of rotatable bonds is 3. The highest BCUT2D eigenvalue weighted by molar-refractivity contribution is 5.89. The minimum Gasteiger partial charge on any atom is -0.466 e. The molecule has 0 radical (unpaired) electrons. The lowest BCUT2D eigenvalue weighted by molar-refractivity contribution is -0.137. The number of nitrogens with one attached hydrogen (secondary N) is 1. The van der Waals surface area contributed by atoms with Gasteiger partial charge in [-0.1, -0.05) is 19.3 Å². The fourth-order valence-electron chi connectivity index (χ4n) is 3.04. The van der Waals surface area contributed by atoms with Crippen molar-refractivity contribution in [2.24, 2.45) is 0 Å². The summed E-state index contributed by atoms with van der Waals surface area (Å²) in [5, 5.41) is 3.15. The van der Waals surface area contributed by atoms with Gasteiger partial charge in [-0.3, -0.25) is 4.79 Å². The van der Waals surface area contributed by atoms with Crippen molar-refractivity contribution in [1.82, 2.24) is 10.2 Å². The molecule has 0 aromatic rings. The van der Waals surface area contributed by atoms with Crippen LogP contribution in [-0.2, 0) is 14.3 Å². The van der Waals surface area contributed by atoms with Crippen molar-refractivity contribution in [3.8, 4) is 0 Å². The molecule has 5 nitrogen and oxygen atoms in total. The van der Waals surface area contributed by atoms with E-state index in [1.807, 2.05) is 11.9 Å². The van der Waals surface area contributed by atoms with Crippen LogP contribution in [0, 0.1) is 0 Å². The highest BCUT2D eigenvalue weighted by atomic mass is 16.5. The van der Waals surface area contributed by atoms with Crippen LogP contribution in [0.1, 0.15) is 44.9 Å². The van der Waals surface area contributed by atoms with Crippen LogP contribution in [0.4, 0.5) is 0 Å². The molecule has 1 fully saturated rings. The summed E-state index contributed by atoms with van der Waals surface area (Å²) < 4.78 is 4.72. The van der Waals surface area contributed by atoms with Crippen molar-refractivity contribution < 1.29 is 14.3 Å². The average Bonchev–Trinajstić information content (AvgIpc) is 2.47. The zero-order chi connectivity index (χ0) is 14.5. The Balaban J connectivity index is 1.91. The summed E-state index contributed by atoms with van der Waals surface area (Å²) >= 11 is 0. The quantitative estimate of drug-likeness (QED) is 0.798. The maximum atomic E-state index is 12.3. The van der Waals surface area contributed by atoms with E-state index in [2.05, 4.69) is 5.32 Å². The summed E-state index contributed by atoms with van der Waals surface area (Å²) in [6.45, 7) is 0. The molecule has 0 aromatic heterocycles. The first-order chi connectivity index (χ1) is 9.61. The molecule has 0 aromatic carbocycles. The molecule has 0 saturated heterocycles. The zero-order valence-corrected chi connectivity index (χ0v) is 12.4. The normalized spacial score (nSPS) is 24.0. The molecular formula is C15H24N2O3. The largest absolute Gasteiger partial charge is 0.466 e. The third-order valence-corrected chi connectivity index (χ3v) is 4.24. The van der Waals surface area contributed by atoms with Gasteiger partial charge in [0, 0.05) is 19.3 Å². The number of ether oxygens (including phenoxy) is 1. The third kappa shape index (κ3) is 3.52. The number of nitrogens with zero attached hydrogens (tertiary/aromatic N) is 1. The van der Waals surface area contributed by atoms with E-state index in [0.29, 0.717) is 24.5 Å². The lowest BCUT2D eigenvalue weighted by atomic mass is 9.94. The maximum Gasteiger partial charge on any atom is 0.335 e. The minimum atomic E-state index is -0.303. The van der Waals surface area contributed by atoms with Gasteiger partial charge in [-0.15, -0.1) is 0 Å². The number of hydrogen-bond acceptors (Lipinski definition) is 4. The molecule has 1 aliphatic heterocycles. The fourth-order valence-corrected chi connectivity index (χ4v) is 3.04. The van der Waals surface area contributed by atoms with Gasteiger partial charge in [0.25, 0.3) is 0 Å². The Bertz CT molecular complexity index is 400. The predicted octanol–water partition coefficient (Wildman–Crippen LogP) is 1.59. The first-order valence-corrected chi connectivity index (χ1v) is 7.43. The van der Waals surface area contributed by atoms with E-state index in [9.17, 15) is 9.59 Å². The van der Waals surface area contributed by atoms with Crippen molar-refractivity contribution in [2.75, 3.05) is 14.2 Å². The van der Waals surface area contributed by atoms with Gasteiger partial charge in [0.05, 0.1) is 12.7 Å². The Morgan fingerprint density at radius 1 is 1.25 bits per heavy atom. The van der Waals surface area contributed by atoms with E-state index in [1.54, 1.807) is 6.20 Å². The fraction of sp³-hybridized carbons (Fsp3) is 0.733. The van der Waals surface area contributed by atoms with Gasteiger partial charge in [0.15, 0.2) is 0 Å². The van der Waals surface area contributed by atoms with Crippen LogP contribution in [0.3, 0.4) is 0 Å². The van der Waals surface area contributed by atoms with Crippen molar-refractivity contribution in [1.29, 1.82) is 0 Å². The van der Waals surface area contributed by atoms with E-state index in [-0.39, 0.29) is 17.9 Å². The Morgan fingerprint density at radius 3 is 2.55 bits per heavy atom. The molecule has 1 amide bonds. The molecule has 1 aliphatic carbocycles. The van der Waals surface area contributed by atoms with Gasteiger partial charge in [-0.05, 0) is 25.7 Å². The highest BCUT2D eigenvalue weighted by Crippen LogP contribution is 2.22. The summed E-state index contributed by atoms with van der Waals surface area (Å²) in [6.07, 6.45) is 8.86. The maximum absolute atomic E-state index is 12.3. The van der Waals surface area contributed by atoms with E-state index in [4.69, 9.17) is 4.74 Å². The molecule has 1 saturated carbocycles. The first kappa shape index (κ1) is 14.9. The number of carbonyl (C=O) groups excluding carboxylic acids is 2. The van der Waals surface area contributed by atoms with Gasteiger partial charge in [-0.25, -0.2) is 4.79 Å². The third-order valence-electron chi connectivity index (χ3n) is 4.24. The number of methoxy groups -OCH3 is 1. The molecular weight excluding hydrogens is 256 g/mol. The number of likely N-dealkylation sites (N-methyl/N-ethyl adjacent to an activating group) is 1. The average molecular weight is 280 g/mol. The molecule has 0 spiro atoms. The predicted molar refractivity (Wildman–Crippen MR) is 75.9 cm³/mol. The first-order valence-electron chi connectivity index (χ1n) is 7.43. The van der Waals surface area contributed by atoms with Crippen molar-refractivity contribution in [3.05, 3.63) is 11.8 Å². The summed E-state index contributed by atoms with van der Waals surface area (Å²) in [4.78, 5) is 25.6. The van der Waals surface area contributed by atoms with Gasteiger partial charge >= 0.3 is 5.97 Å². The van der Waals surface area contributed by atoms with Crippen LogP contribution in [-0.4, -0.2) is 43.0 Å². The standard InChI is InChI=1S/C15H24N2O3/c1-17-10-11(15(19)20-2)8-9-13(17)14(18)16-12-6-4-3-5-7-12/h10,12-13H,3-9H2,1-2H3,(H,16,18).